The van der Waals surface area contributed by atoms with Gasteiger partial charge in [-0.25, -0.2) is 0 Å². The molecule has 1 aliphatic rings. The van der Waals surface area contributed by atoms with E-state index in [0.717, 1.165) is 19.4 Å². The summed E-state index contributed by atoms with van der Waals surface area (Å²) >= 11 is 0. The van der Waals surface area contributed by atoms with Crippen LogP contribution in [-0.4, -0.2) is 19.0 Å². The molecule has 0 aromatic heterocycles. The molecular weight excluding hydrogens is 92.1 g/mol. The molecule has 1 aliphatic heterocycles. The lowest BCUT2D eigenvalue weighted by molar-refractivity contribution is 0.155. The molecule has 1 unspecified atom stereocenters. The third-order valence-electron chi connectivity index (χ3n) is 1.06. The molecule has 0 amide bonds. The van der Waals surface area contributed by atoms with E-state index in [-0.39, 0.29) is 6.10 Å². The van der Waals surface area contributed by atoms with E-state index in [2.05, 4.69) is 0 Å². The highest BCUT2D eigenvalue weighted by Gasteiger charge is 2.13. The lowest BCUT2D eigenvalue weighted by Gasteiger charge is -1.91. The van der Waals surface area contributed by atoms with Gasteiger partial charge in [0.1, 0.15) is 6.10 Å². The maximum atomic E-state index is 9.76. The van der Waals surface area contributed by atoms with Crippen molar-refractivity contribution in [1.29, 1.82) is 0 Å². The van der Waals surface area contributed by atoms with E-state index in [1.807, 2.05) is 0 Å². The van der Waals surface area contributed by atoms with Crippen molar-refractivity contribution >= 4 is 6.29 Å². The fourth-order valence-corrected chi connectivity index (χ4v) is 0.671. The van der Waals surface area contributed by atoms with Gasteiger partial charge in [-0.05, 0) is 12.8 Å². The van der Waals surface area contributed by atoms with Gasteiger partial charge in [-0.2, -0.15) is 0 Å². The van der Waals surface area contributed by atoms with Gasteiger partial charge in [0.2, 0.25) is 6.29 Å². The summed E-state index contributed by atoms with van der Waals surface area (Å²) < 4.78 is 4.88. The number of carbonyl (C=O) groups excluding carboxylic acids is 1. The molecule has 1 heterocycles. The van der Waals surface area contributed by atoms with Gasteiger partial charge < -0.3 is 4.74 Å². The molecule has 1 fully saturated rings. The van der Waals surface area contributed by atoms with Crippen molar-refractivity contribution in [2.45, 2.75) is 18.9 Å². The SMILES string of the molecule is O=[C]C1CCCO1. The minimum absolute atomic E-state index is 0.208. The topological polar surface area (TPSA) is 26.3 Å². The predicted octanol–water partition coefficient (Wildman–Crippen LogP) is 0.275. The first-order valence-corrected chi connectivity index (χ1v) is 2.43. The lowest BCUT2D eigenvalue weighted by Crippen LogP contribution is -2.04. The highest BCUT2D eigenvalue weighted by Crippen LogP contribution is 2.08. The maximum Gasteiger partial charge on any atom is 0.229 e. The lowest BCUT2D eigenvalue weighted by atomic mass is 10.3. The van der Waals surface area contributed by atoms with Crippen LogP contribution in [0.3, 0.4) is 0 Å². The van der Waals surface area contributed by atoms with Crippen molar-refractivity contribution in [3.8, 4) is 0 Å². The van der Waals surface area contributed by atoms with Crippen LogP contribution in [0, 0.1) is 0 Å². The molecule has 0 aromatic carbocycles. The minimum Gasteiger partial charge on any atom is -0.370 e. The first kappa shape index (κ1) is 4.78. The summed E-state index contributed by atoms with van der Waals surface area (Å²) in [5, 5.41) is 0. The van der Waals surface area contributed by atoms with Gasteiger partial charge in [-0.15, -0.1) is 0 Å². The van der Waals surface area contributed by atoms with Crippen LogP contribution in [0.5, 0.6) is 0 Å². The highest BCUT2D eigenvalue weighted by molar-refractivity contribution is 5.57. The number of hydrogen-bond donors (Lipinski definition) is 0. The molecule has 0 saturated carbocycles. The van der Waals surface area contributed by atoms with Gasteiger partial charge in [0.15, 0.2) is 0 Å². The van der Waals surface area contributed by atoms with E-state index in [1.165, 1.54) is 0 Å². The van der Waals surface area contributed by atoms with E-state index >= 15 is 0 Å². The molecule has 1 atom stereocenters. The van der Waals surface area contributed by atoms with E-state index in [0.29, 0.717) is 0 Å². The van der Waals surface area contributed by atoms with E-state index < -0.39 is 0 Å². The second-order valence-electron chi connectivity index (χ2n) is 1.62. The van der Waals surface area contributed by atoms with Gasteiger partial charge in [-0.1, -0.05) is 0 Å². The molecule has 2 nitrogen and oxygen atoms in total. The van der Waals surface area contributed by atoms with Crippen molar-refractivity contribution in [3.05, 3.63) is 0 Å². The van der Waals surface area contributed by atoms with Crippen molar-refractivity contribution in [1.82, 2.24) is 0 Å². The zero-order valence-corrected chi connectivity index (χ0v) is 4.02. The van der Waals surface area contributed by atoms with Crippen LogP contribution < -0.4 is 0 Å². The van der Waals surface area contributed by atoms with Gasteiger partial charge >= 0.3 is 0 Å². The second-order valence-corrected chi connectivity index (χ2v) is 1.62. The van der Waals surface area contributed by atoms with E-state index in [9.17, 15) is 4.79 Å². The van der Waals surface area contributed by atoms with Crippen molar-refractivity contribution in [2.75, 3.05) is 6.61 Å². The second kappa shape index (κ2) is 2.07. The first-order valence-electron chi connectivity index (χ1n) is 2.43. The van der Waals surface area contributed by atoms with Crippen LogP contribution in [0.1, 0.15) is 12.8 Å². The summed E-state index contributed by atoms with van der Waals surface area (Å²) in [4.78, 5) is 9.76. The summed E-state index contributed by atoms with van der Waals surface area (Å²) in [5.74, 6) is 0. The van der Waals surface area contributed by atoms with Crippen LogP contribution in [0.15, 0.2) is 0 Å². The molecule has 2 heteroatoms. The van der Waals surface area contributed by atoms with Crippen molar-refractivity contribution in [2.24, 2.45) is 0 Å². The molecule has 1 saturated heterocycles. The van der Waals surface area contributed by atoms with Crippen LogP contribution in [-0.2, 0) is 9.53 Å². The average molecular weight is 99.1 g/mol. The molecule has 0 N–H and O–H groups in total. The predicted molar refractivity (Wildman–Crippen MR) is 24.7 cm³/mol. The molecule has 7 heavy (non-hydrogen) atoms. The quantitative estimate of drug-likeness (QED) is 0.471. The van der Waals surface area contributed by atoms with Crippen LogP contribution in [0.2, 0.25) is 0 Å². The van der Waals surface area contributed by atoms with E-state index in [1.54, 1.807) is 6.29 Å². The minimum atomic E-state index is -0.208. The summed E-state index contributed by atoms with van der Waals surface area (Å²) in [5.41, 5.74) is 0. The number of rotatable bonds is 1. The molecule has 0 bridgehead atoms. The third-order valence-corrected chi connectivity index (χ3v) is 1.06. The smallest absolute Gasteiger partial charge is 0.229 e. The average Bonchev–Trinajstić information content (AvgIpc) is 2.14. The first-order chi connectivity index (χ1) is 3.43. The standard InChI is InChI=1S/C5H7O2/c6-4-5-2-1-3-7-5/h5H,1-3H2. The monoisotopic (exact) mass is 99.0 g/mol. The Balaban J connectivity index is 2.26. The Kier molecular flexibility index (Phi) is 1.42. The molecule has 0 spiro atoms. The highest BCUT2D eigenvalue weighted by atomic mass is 16.5. The Labute approximate surface area is 42.5 Å². The van der Waals surface area contributed by atoms with Crippen molar-refractivity contribution in [3.63, 3.8) is 0 Å². The molecule has 1 radical (unpaired) electrons. The van der Waals surface area contributed by atoms with Crippen LogP contribution in [0.4, 0.5) is 0 Å². The zero-order valence-electron chi connectivity index (χ0n) is 4.02. The largest absolute Gasteiger partial charge is 0.370 e. The summed E-state index contributed by atoms with van der Waals surface area (Å²) in [6, 6.07) is 0. The summed E-state index contributed by atoms with van der Waals surface area (Å²) in [6.07, 6.45) is 3.46. The normalized spacial score (nSPS) is 30.6. The van der Waals surface area contributed by atoms with Gasteiger partial charge in [-0.3, -0.25) is 4.79 Å². The maximum absolute atomic E-state index is 9.76. The summed E-state index contributed by atoms with van der Waals surface area (Å²) in [7, 11) is 0. The van der Waals surface area contributed by atoms with Crippen molar-refractivity contribution < 1.29 is 9.53 Å². The Morgan fingerprint density at radius 2 is 2.57 bits per heavy atom. The zero-order chi connectivity index (χ0) is 5.11. The molecule has 39 valence electrons. The van der Waals surface area contributed by atoms with Crippen LogP contribution in [0.25, 0.3) is 0 Å². The fourth-order valence-electron chi connectivity index (χ4n) is 0.671. The van der Waals surface area contributed by atoms with Gasteiger partial charge in [0, 0.05) is 6.61 Å². The molecular formula is C5H7O2. The van der Waals surface area contributed by atoms with Gasteiger partial charge in [0.05, 0.1) is 0 Å². The third kappa shape index (κ3) is 0.996. The van der Waals surface area contributed by atoms with Crippen LogP contribution >= 0.6 is 0 Å². The molecule has 0 aromatic rings. The Hall–Kier alpha value is -0.370. The molecule has 1 rings (SSSR count). The Morgan fingerprint density at radius 1 is 1.71 bits per heavy atom. The Morgan fingerprint density at radius 3 is 2.86 bits per heavy atom. The number of hydrogen-bond acceptors (Lipinski definition) is 2. The van der Waals surface area contributed by atoms with E-state index in [4.69, 9.17) is 4.74 Å². The fraction of sp³-hybridized carbons (Fsp3) is 0.800. The number of ether oxygens (including phenoxy) is 1. The summed E-state index contributed by atoms with van der Waals surface area (Å²) in [6.45, 7) is 0.736. The Bertz CT molecular complexity index is 64.5. The van der Waals surface area contributed by atoms with Gasteiger partial charge in [0.25, 0.3) is 0 Å². The molecule has 0 aliphatic carbocycles.